The van der Waals surface area contributed by atoms with Crippen molar-refractivity contribution in [2.45, 2.75) is 25.4 Å². The summed E-state index contributed by atoms with van der Waals surface area (Å²) >= 11 is 0. The molecule has 1 fully saturated rings. The van der Waals surface area contributed by atoms with E-state index in [-0.39, 0.29) is 12.0 Å². The number of aromatic nitrogens is 1. The molecule has 0 aliphatic carbocycles. The van der Waals surface area contributed by atoms with Gasteiger partial charge in [-0.15, -0.1) is 0 Å². The smallest absolute Gasteiger partial charge is 0.248 e. The number of ether oxygens (including phenoxy) is 1. The fourth-order valence-electron chi connectivity index (χ4n) is 5.73. The lowest BCUT2D eigenvalue weighted by Gasteiger charge is -2.27. The molecule has 6 rings (SSSR count). The van der Waals surface area contributed by atoms with E-state index in [2.05, 4.69) is 82.0 Å². The van der Waals surface area contributed by atoms with Gasteiger partial charge >= 0.3 is 0 Å². The molecule has 3 heterocycles. The monoisotopic (exact) mass is 545 g/mol. The molecule has 7 nitrogen and oxygen atoms in total. The molecule has 2 aliphatic heterocycles. The minimum Gasteiger partial charge on any atom is -0.379 e. The van der Waals surface area contributed by atoms with Crippen LogP contribution in [0.2, 0.25) is 0 Å². The first kappa shape index (κ1) is 26.7. The van der Waals surface area contributed by atoms with Crippen LogP contribution in [-0.2, 0) is 11.3 Å². The van der Waals surface area contributed by atoms with Crippen LogP contribution in [0.3, 0.4) is 0 Å². The second-order valence-corrected chi connectivity index (χ2v) is 10.7. The number of rotatable bonds is 8. The van der Waals surface area contributed by atoms with Crippen molar-refractivity contribution in [2.24, 2.45) is 5.73 Å². The zero-order valence-corrected chi connectivity index (χ0v) is 23.2. The first-order valence-corrected chi connectivity index (χ1v) is 14.1. The van der Waals surface area contributed by atoms with E-state index in [0.29, 0.717) is 5.56 Å². The van der Waals surface area contributed by atoms with Gasteiger partial charge < -0.3 is 21.1 Å². The van der Waals surface area contributed by atoms with Gasteiger partial charge in [0, 0.05) is 71.6 Å². The third-order valence-electron chi connectivity index (χ3n) is 7.99. The lowest BCUT2D eigenvalue weighted by atomic mass is 9.85. The van der Waals surface area contributed by atoms with Gasteiger partial charge in [0.2, 0.25) is 5.91 Å². The van der Waals surface area contributed by atoms with E-state index in [1.165, 1.54) is 11.1 Å². The molecular formula is C34H35N5O2. The number of fused-ring (bicyclic) bond motifs is 1. The molecule has 0 bridgehead atoms. The Labute approximate surface area is 241 Å². The molecule has 1 amide bonds. The predicted octanol–water partition coefficient (Wildman–Crippen LogP) is 5.59. The third-order valence-corrected chi connectivity index (χ3v) is 7.99. The summed E-state index contributed by atoms with van der Waals surface area (Å²) in [7, 11) is 0. The van der Waals surface area contributed by atoms with Gasteiger partial charge in [-0.1, -0.05) is 49.4 Å². The molecule has 1 unspecified atom stereocenters. The number of amides is 1. The summed E-state index contributed by atoms with van der Waals surface area (Å²) in [5.74, 6) is -0.307. The second kappa shape index (κ2) is 12.0. The van der Waals surface area contributed by atoms with Crippen LogP contribution in [0.25, 0.3) is 11.3 Å². The number of pyridine rings is 1. The minimum atomic E-state index is -0.446. The molecule has 2 atom stereocenters. The largest absolute Gasteiger partial charge is 0.379 e. The fourth-order valence-corrected chi connectivity index (χ4v) is 5.73. The third kappa shape index (κ3) is 5.87. The normalized spacial score (nSPS) is 18.7. The highest BCUT2D eigenvalue weighted by atomic mass is 16.5. The minimum absolute atomic E-state index is 0.0566. The average Bonchev–Trinajstić information content (AvgIpc) is 3.40. The lowest BCUT2D eigenvalue weighted by Crippen LogP contribution is -2.35. The van der Waals surface area contributed by atoms with Gasteiger partial charge in [0.25, 0.3) is 0 Å². The molecule has 3 aromatic carbocycles. The van der Waals surface area contributed by atoms with Crippen LogP contribution in [0.1, 0.15) is 45.5 Å². The topological polar surface area (TPSA) is 92.5 Å². The zero-order chi connectivity index (χ0) is 28.2. The summed E-state index contributed by atoms with van der Waals surface area (Å²) < 4.78 is 5.50. The molecule has 4 aromatic rings. The van der Waals surface area contributed by atoms with Crippen LogP contribution >= 0.6 is 0 Å². The number of benzene rings is 3. The summed E-state index contributed by atoms with van der Waals surface area (Å²) in [4.78, 5) is 19.1. The molecule has 0 spiro atoms. The number of carbonyl (C=O) groups is 1. The number of nitrogens with zero attached hydrogens (tertiary/aromatic N) is 2. The molecule has 41 heavy (non-hydrogen) atoms. The zero-order valence-electron chi connectivity index (χ0n) is 23.2. The van der Waals surface area contributed by atoms with Crippen LogP contribution in [0.5, 0.6) is 0 Å². The van der Waals surface area contributed by atoms with E-state index in [0.717, 1.165) is 66.6 Å². The van der Waals surface area contributed by atoms with Crippen molar-refractivity contribution in [3.05, 3.63) is 125 Å². The Morgan fingerprint density at radius 1 is 1.02 bits per heavy atom. The maximum atomic E-state index is 12.2. The Morgan fingerprint density at radius 2 is 1.80 bits per heavy atom. The average molecular weight is 546 g/mol. The summed E-state index contributed by atoms with van der Waals surface area (Å²) in [6.07, 6.45) is 3.66. The van der Waals surface area contributed by atoms with Gasteiger partial charge in [-0.3, -0.25) is 14.7 Å². The van der Waals surface area contributed by atoms with Crippen LogP contribution in [0.4, 0.5) is 11.4 Å². The number of nitrogens with one attached hydrogen (secondary N) is 2. The Balaban J connectivity index is 1.43. The number of nitrogens with two attached hydrogens (primary N) is 1. The van der Waals surface area contributed by atoms with Crippen molar-refractivity contribution in [1.82, 2.24) is 9.88 Å². The summed E-state index contributed by atoms with van der Waals surface area (Å²) in [5.41, 5.74) is 14.6. The van der Waals surface area contributed by atoms with E-state index in [9.17, 15) is 4.79 Å². The molecule has 208 valence electrons. The lowest BCUT2D eigenvalue weighted by molar-refractivity contribution is 0.0342. The molecule has 0 radical (unpaired) electrons. The van der Waals surface area contributed by atoms with Crippen molar-refractivity contribution in [1.29, 1.82) is 0 Å². The van der Waals surface area contributed by atoms with Crippen molar-refractivity contribution in [3.8, 4) is 0 Å². The van der Waals surface area contributed by atoms with E-state index >= 15 is 0 Å². The molecule has 1 saturated heterocycles. The quantitative estimate of drug-likeness (QED) is 0.267. The van der Waals surface area contributed by atoms with Gasteiger partial charge in [0.15, 0.2) is 0 Å². The maximum absolute atomic E-state index is 12.2. The van der Waals surface area contributed by atoms with Crippen molar-refractivity contribution >= 4 is 28.6 Å². The number of hydrogen-bond acceptors (Lipinski definition) is 6. The van der Waals surface area contributed by atoms with Gasteiger partial charge in [-0.05, 0) is 53.6 Å². The molecule has 1 aromatic heterocycles. The van der Waals surface area contributed by atoms with Crippen LogP contribution in [-0.4, -0.2) is 48.1 Å². The molecular weight excluding hydrogens is 510 g/mol. The molecule has 4 N–H and O–H groups in total. The summed E-state index contributed by atoms with van der Waals surface area (Å²) in [5, 5.41) is 7.50. The second-order valence-electron chi connectivity index (χ2n) is 10.7. The van der Waals surface area contributed by atoms with Crippen molar-refractivity contribution in [2.75, 3.05) is 36.9 Å². The number of morpholine rings is 1. The summed E-state index contributed by atoms with van der Waals surface area (Å²) in [6, 6.07) is 28.7. The van der Waals surface area contributed by atoms with E-state index < -0.39 is 5.91 Å². The molecule has 7 heteroatoms. The number of anilines is 2. The first-order chi connectivity index (χ1) is 20.1. The first-order valence-electron chi connectivity index (χ1n) is 14.1. The summed E-state index contributed by atoms with van der Waals surface area (Å²) in [6.45, 7) is 6.63. The fraction of sp³-hybridized carbons (Fsp3) is 0.235. The van der Waals surface area contributed by atoms with Crippen LogP contribution < -0.4 is 16.4 Å². The highest BCUT2D eigenvalue weighted by molar-refractivity contribution is 6.05. The Bertz CT molecular complexity index is 1530. The van der Waals surface area contributed by atoms with Gasteiger partial charge in [0.05, 0.1) is 25.0 Å². The van der Waals surface area contributed by atoms with Gasteiger partial charge in [-0.2, -0.15) is 0 Å². The van der Waals surface area contributed by atoms with Gasteiger partial charge in [-0.25, -0.2) is 0 Å². The van der Waals surface area contributed by atoms with Crippen molar-refractivity contribution in [3.63, 3.8) is 0 Å². The number of carbonyl (C=O) groups excluding carboxylic acids is 1. The number of hydrogen-bond donors (Lipinski definition) is 3. The van der Waals surface area contributed by atoms with Crippen LogP contribution in [0.15, 0.2) is 97.3 Å². The van der Waals surface area contributed by atoms with E-state index in [1.807, 2.05) is 30.5 Å². The Hall–Kier alpha value is -4.46. The Morgan fingerprint density at radius 3 is 2.51 bits per heavy atom. The maximum Gasteiger partial charge on any atom is 0.248 e. The van der Waals surface area contributed by atoms with Crippen LogP contribution in [0, 0.1) is 0 Å². The molecule has 0 saturated carbocycles. The van der Waals surface area contributed by atoms with E-state index in [1.54, 1.807) is 12.3 Å². The highest BCUT2D eigenvalue weighted by Gasteiger charge is 2.34. The molecule has 2 aliphatic rings. The number of primary amides is 1. The SMILES string of the molecule is C[C@H](c1ccccc1)C1Nc2ccc(C(N)=O)cc2/C1=C(/Nc1ccc(CN2CCOCC2)cc1)c1cccnc1. The van der Waals surface area contributed by atoms with Gasteiger partial charge in [0.1, 0.15) is 0 Å². The van der Waals surface area contributed by atoms with E-state index in [4.69, 9.17) is 10.5 Å². The standard InChI is InChI=1S/C34H35N5O2/c1-23(25-6-3-2-4-7-25)32-31(29-20-26(34(35)40)11-14-30(29)38-32)33(27-8-5-15-36-21-27)37-28-12-9-24(10-13-28)22-39-16-18-41-19-17-39/h2-15,20-21,23,32,37-38H,16-19,22H2,1H3,(H2,35,40)/b33-31-/t23-,32?/m1/s1. The Kier molecular flexibility index (Phi) is 7.80. The van der Waals surface area contributed by atoms with Crippen molar-refractivity contribution < 1.29 is 9.53 Å². The predicted molar refractivity (Wildman–Crippen MR) is 164 cm³/mol. The highest BCUT2D eigenvalue weighted by Crippen LogP contribution is 2.45.